The first-order valence-corrected chi connectivity index (χ1v) is 7.29. The van der Waals surface area contributed by atoms with Crippen molar-refractivity contribution in [1.29, 1.82) is 0 Å². The van der Waals surface area contributed by atoms with Gasteiger partial charge in [0.15, 0.2) is 0 Å². The Morgan fingerprint density at radius 3 is 2.58 bits per heavy atom. The third-order valence-corrected chi connectivity index (χ3v) is 4.39. The van der Waals surface area contributed by atoms with Crippen LogP contribution in [0.25, 0.3) is 16.6 Å². The Morgan fingerprint density at radius 2 is 1.68 bits per heavy atom. The quantitative estimate of drug-likeness (QED) is 0.620. The number of para-hydroxylation sites is 2. The van der Waals surface area contributed by atoms with E-state index in [0.717, 1.165) is 5.52 Å². The molecule has 0 unspecified atom stereocenters. The zero-order chi connectivity index (χ0) is 12.7. The van der Waals surface area contributed by atoms with E-state index < -0.39 is 0 Å². The molecule has 3 aromatic rings. The van der Waals surface area contributed by atoms with E-state index in [9.17, 15) is 0 Å². The van der Waals surface area contributed by atoms with E-state index in [0.29, 0.717) is 5.92 Å². The molecule has 0 radical (unpaired) electrons. The molecule has 0 N–H and O–H groups in total. The first kappa shape index (κ1) is 11.0. The monoisotopic (exact) mass is 250 g/mol. The second kappa shape index (κ2) is 4.37. The van der Waals surface area contributed by atoms with Crippen molar-refractivity contribution in [2.24, 2.45) is 0 Å². The topological polar surface area (TPSA) is 17.3 Å². The van der Waals surface area contributed by atoms with Crippen molar-refractivity contribution in [3.63, 3.8) is 0 Å². The number of aromatic nitrogens is 2. The lowest BCUT2D eigenvalue weighted by Crippen LogP contribution is -2.08. The molecular weight excluding hydrogens is 232 g/mol. The fourth-order valence-corrected chi connectivity index (χ4v) is 3.43. The Bertz CT molecular complexity index is 720. The summed E-state index contributed by atoms with van der Waals surface area (Å²) in [5, 5.41) is 0. The maximum Gasteiger partial charge on any atom is 0.0874 e. The van der Waals surface area contributed by atoms with Crippen LogP contribution in [0, 0.1) is 0 Å². The first-order chi connectivity index (χ1) is 9.43. The molecule has 0 amide bonds. The number of hydrogen-bond donors (Lipinski definition) is 0. The summed E-state index contributed by atoms with van der Waals surface area (Å²) in [6, 6.07) is 12.8. The molecule has 1 aliphatic rings. The smallest absolute Gasteiger partial charge is 0.0874 e. The fourth-order valence-electron chi connectivity index (χ4n) is 3.43. The molecule has 0 bridgehead atoms. The van der Waals surface area contributed by atoms with E-state index in [1.54, 1.807) is 0 Å². The predicted octanol–water partition coefficient (Wildman–Crippen LogP) is 4.54. The van der Waals surface area contributed by atoms with E-state index in [1.807, 2.05) is 0 Å². The van der Waals surface area contributed by atoms with Crippen LogP contribution >= 0.6 is 0 Å². The summed E-state index contributed by atoms with van der Waals surface area (Å²) in [6.45, 7) is 0. The lowest BCUT2D eigenvalue weighted by Gasteiger charge is -2.22. The van der Waals surface area contributed by atoms with Crippen molar-refractivity contribution in [2.75, 3.05) is 0 Å². The summed E-state index contributed by atoms with van der Waals surface area (Å²) < 4.78 is 2.30. The second-order valence-electron chi connectivity index (χ2n) is 5.58. The molecular formula is C17H18N2. The fraction of sp³-hybridized carbons (Fsp3) is 0.353. The van der Waals surface area contributed by atoms with Gasteiger partial charge >= 0.3 is 0 Å². The van der Waals surface area contributed by atoms with Crippen LogP contribution in [0.5, 0.6) is 0 Å². The molecule has 0 aliphatic heterocycles. The number of fused-ring (bicyclic) bond motifs is 3. The Morgan fingerprint density at radius 1 is 0.895 bits per heavy atom. The van der Waals surface area contributed by atoms with Gasteiger partial charge in [-0.2, -0.15) is 0 Å². The summed E-state index contributed by atoms with van der Waals surface area (Å²) in [6.07, 6.45) is 8.85. The maximum absolute atomic E-state index is 4.98. The summed E-state index contributed by atoms with van der Waals surface area (Å²) in [5.74, 6) is 0.649. The van der Waals surface area contributed by atoms with Crippen LogP contribution in [0.15, 0.2) is 42.6 Å². The van der Waals surface area contributed by atoms with Crippen LogP contribution in [0.2, 0.25) is 0 Å². The summed E-state index contributed by atoms with van der Waals surface area (Å²) in [5.41, 5.74) is 4.93. The standard InChI is InChI=1S/C17H18N2/c1-2-7-13(8-3-1)17-16-11-6-12-19(16)15-10-5-4-9-14(15)18-17/h4-6,9-13H,1-3,7-8H2. The lowest BCUT2D eigenvalue weighted by molar-refractivity contribution is 0.439. The molecule has 1 aromatic carbocycles. The summed E-state index contributed by atoms with van der Waals surface area (Å²) in [4.78, 5) is 4.98. The highest BCUT2D eigenvalue weighted by molar-refractivity contribution is 5.79. The molecule has 2 heteroatoms. The van der Waals surface area contributed by atoms with Gasteiger partial charge in [-0.15, -0.1) is 0 Å². The maximum atomic E-state index is 4.98. The minimum atomic E-state index is 0.649. The van der Waals surface area contributed by atoms with E-state index in [4.69, 9.17) is 4.98 Å². The Labute approximate surface area is 113 Å². The minimum Gasteiger partial charge on any atom is -0.313 e. The normalized spacial score (nSPS) is 17.3. The van der Waals surface area contributed by atoms with Crippen molar-refractivity contribution in [2.45, 2.75) is 38.0 Å². The number of benzene rings is 1. The highest BCUT2D eigenvalue weighted by atomic mass is 14.9. The number of rotatable bonds is 1. The van der Waals surface area contributed by atoms with Crippen molar-refractivity contribution >= 4 is 16.6 Å². The van der Waals surface area contributed by atoms with E-state index in [1.165, 1.54) is 48.8 Å². The molecule has 0 spiro atoms. The van der Waals surface area contributed by atoms with Crippen molar-refractivity contribution in [3.8, 4) is 0 Å². The summed E-state index contributed by atoms with van der Waals surface area (Å²) >= 11 is 0. The van der Waals surface area contributed by atoms with Crippen molar-refractivity contribution in [3.05, 3.63) is 48.3 Å². The van der Waals surface area contributed by atoms with E-state index in [2.05, 4.69) is 47.0 Å². The van der Waals surface area contributed by atoms with Gasteiger partial charge in [-0.25, -0.2) is 4.98 Å². The molecule has 4 rings (SSSR count). The van der Waals surface area contributed by atoms with Gasteiger partial charge in [0.1, 0.15) is 0 Å². The van der Waals surface area contributed by atoms with Crippen LogP contribution in [0.1, 0.15) is 43.7 Å². The van der Waals surface area contributed by atoms with E-state index in [-0.39, 0.29) is 0 Å². The van der Waals surface area contributed by atoms with Crippen LogP contribution in [-0.4, -0.2) is 9.38 Å². The predicted molar refractivity (Wildman–Crippen MR) is 78.5 cm³/mol. The molecule has 2 nitrogen and oxygen atoms in total. The molecule has 0 saturated heterocycles. The van der Waals surface area contributed by atoms with Gasteiger partial charge in [-0.3, -0.25) is 0 Å². The average Bonchev–Trinajstić information content (AvgIpc) is 2.97. The van der Waals surface area contributed by atoms with Gasteiger partial charge in [0.05, 0.1) is 22.2 Å². The Balaban J connectivity index is 1.99. The van der Waals surface area contributed by atoms with E-state index >= 15 is 0 Å². The zero-order valence-corrected chi connectivity index (χ0v) is 11.0. The first-order valence-electron chi connectivity index (χ1n) is 7.29. The van der Waals surface area contributed by atoms with Crippen molar-refractivity contribution in [1.82, 2.24) is 9.38 Å². The highest BCUT2D eigenvalue weighted by Crippen LogP contribution is 2.34. The Hall–Kier alpha value is -1.83. The zero-order valence-electron chi connectivity index (χ0n) is 11.0. The molecule has 1 fully saturated rings. The van der Waals surface area contributed by atoms with Gasteiger partial charge in [0.25, 0.3) is 0 Å². The van der Waals surface area contributed by atoms with Gasteiger partial charge < -0.3 is 4.40 Å². The third-order valence-electron chi connectivity index (χ3n) is 4.39. The minimum absolute atomic E-state index is 0.649. The SMILES string of the molecule is c1ccc2c(c1)nc(C1CCCCC1)c1cccn12. The summed E-state index contributed by atoms with van der Waals surface area (Å²) in [7, 11) is 0. The molecule has 2 heterocycles. The van der Waals surface area contributed by atoms with Crippen LogP contribution in [0.3, 0.4) is 0 Å². The van der Waals surface area contributed by atoms with Gasteiger partial charge in [-0.05, 0) is 37.1 Å². The molecule has 1 aliphatic carbocycles. The van der Waals surface area contributed by atoms with Gasteiger partial charge in [-0.1, -0.05) is 31.4 Å². The van der Waals surface area contributed by atoms with Gasteiger partial charge in [0, 0.05) is 12.1 Å². The average molecular weight is 250 g/mol. The largest absolute Gasteiger partial charge is 0.313 e. The molecule has 19 heavy (non-hydrogen) atoms. The lowest BCUT2D eigenvalue weighted by atomic mass is 9.86. The molecule has 96 valence electrons. The third kappa shape index (κ3) is 1.74. The van der Waals surface area contributed by atoms with Gasteiger partial charge in [0.2, 0.25) is 0 Å². The highest BCUT2D eigenvalue weighted by Gasteiger charge is 2.20. The number of hydrogen-bond acceptors (Lipinski definition) is 1. The molecule has 0 atom stereocenters. The number of nitrogens with zero attached hydrogens (tertiary/aromatic N) is 2. The van der Waals surface area contributed by atoms with Crippen LogP contribution < -0.4 is 0 Å². The van der Waals surface area contributed by atoms with Crippen molar-refractivity contribution < 1.29 is 0 Å². The Kier molecular flexibility index (Phi) is 2.54. The molecule has 1 saturated carbocycles. The van der Waals surface area contributed by atoms with Crippen LogP contribution in [-0.2, 0) is 0 Å². The second-order valence-corrected chi connectivity index (χ2v) is 5.58. The molecule has 2 aromatic heterocycles. The van der Waals surface area contributed by atoms with Crippen LogP contribution in [0.4, 0.5) is 0 Å².